The van der Waals surface area contributed by atoms with E-state index in [0.717, 1.165) is 0 Å². The number of carbonyl (C=O) groups excluding carboxylic acids is 1. The van der Waals surface area contributed by atoms with Gasteiger partial charge in [-0.2, -0.15) is 4.98 Å². The topological polar surface area (TPSA) is 82.5 Å². The minimum Gasteiger partial charge on any atom is -0.414 e. The molecule has 1 aliphatic rings. The van der Waals surface area contributed by atoms with Crippen LogP contribution in [0.3, 0.4) is 0 Å². The first-order valence-corrected chi connectivity index (χ1v) is 11.5. The SMILES string of the molecule is CC(=O)Nc1ccn(C2CSC(CO[Si](C)(C)C)O2)c(=O)n1. The van der Waals surface area contributed by atoms with Gasteiger partial charge in [0.1, 0.15) is 17.5 Å². The van der Waals surface area contributed by atoms with E-state index < -0.39 is 14.0 Å². The summed E-state index contributed by atoms with van der Waals surface area (Å²) >= 11 is 1.63. The Morgan fingerprint density at radius 2 is 2.32 bits per heavy atom. The molecule has 1 amide bonds. The highest BCUT2D eigenvalue weighted by molar-refractivity contribution is 8.00. The Hall–Kier alpha value is -1.16. The molecule has 1 aliphatic heterocycles. The normalized spacial score (nSPS) is 21.8. The van der Waals surface area contributed by atoms with Crippen LogP contribution in [0, 0.1) is 0 Å². The maximum absolute atomic E-state index is 12.0. The van der Waals surface area contributed by atoms with E-state index in [-0.39, 0.29) is 23.4 Å². The van der Waals surface area contributed by atoms with Crippen LogP contribution in [0.25, 0.3) is 0 Å². The van der Waals surface area contributed by atoms with Crippen molar-refractivity contribution in [2.75, 3.05) is 17.7 Å². The molecular weight excluding hydrogens is 322 g/mol. The Morgan fingerprint density at radius 1 is 1.59 bits per heavy atom. The molecule has 0 aromatic carbocycles. The standard InChI is InChI=1S/C13H21N3O4SSi/c1-9(17)14-10-5-6-16(13(18)15-10)11-8-21-12(20-11)7-19-22(2,3)4/h5-6,11-12H,7-8H2,1-4H3,(H,14,15,17,18). The molecule has 0 spiro atoms. The van der Waals surface area contributed by atoms with Crippen LogP contribution in [0.15, 0.2) is 17.1 Å². The molecule has 0 bridgehead atoms. The molecular formula is C13H21N3O4SSi. The van der Waals surface area contributed by atoms with Crippen molar-refractivity contribution in [3.8, 4) is 0 Å². The summed E-state index contributed by atoms with van der Waals surface area (Å²) in [5.41, 5.74) is -0.512. The highest BCUT2D eigenvalue weighted by Crippen LogP contribution is 2.31. The van der Waals surface area contributed by atoms with Gasteiger partial charge in [0, 0.05) is 18.9 Å². The van der Waals surface area contributed by atoms with E-state index in [9.17, 15) is 9.59 Å². The molecule has 22 heavy (non-hydrogen) atoms. The summed E-state index contributed by atoms with van der Waals surface area (Å²) in [4.78, 5) is 26.8. The van der Waals surface area contributed by atoms with Crippen molar-refractivity contribution in [2.24, 2.45) is 0 Å². The monoisotopic (exact) mass is 343 g/mol. The average molecular weight is 343 g/mol. The lowest BCUT2D eigenvalue weighted by Crippen LogP contribution is -2.31. The minimum absolute atomic E-state index is 0.0707. The summed E-state index contributed by atoms with van der Waals surface area (Å²) in [5, 5.41) is 2.48. The molecule has 2 unspecified atom stereocenters. The van der Waals surface area contributed by atoms with Gasteiger partial charge < -0.3 is 14.5 Å². The van der Waals surface area contributed by atoms with Gasteiger partial charge in [-0.1, -0.05) is 0 Å². The molecule has 2 rings (SSSR count). The molecule has 1 aromatic rings. The number of hydrogen-bond acceptors (Lipinski definition) is 6. The molecule has 2 heterocycles. The molecule has 1 fully saturated rings. The summed E-state index contributed by atoms with van der Waals surface area (Å²) in [6.07, 6.45) is 1.24. The molecule has 1 aromatic heterocycles. The Morgan fingerprint density at radius 3 is 2.91 bits per heavy atom. The van der Waals surface area contributed by atoms with E-state index in [0.29, 0.717) is 12.4 Å². The lowest BCUT2D eigenvalue weighted by atomic mass is 10.5. The van der Waals surface area contributed by atoms with E-state index in [1.165, 1.54) is 11.5 Å². The lowest BCUT2D eigenvalue weighted by Gasteiger charge is -2.20. The Labute approximate surface area is 134 Å². The number of aromatic nitrogens is 2. The number of anilines is 1. The third kappa shape index (κ3) is 4.94. The van der Waals surface area contributed by atoms with Gasteiger partial charge in [0.25, 0.3) is 0 Å². The van der Waals surface area contributed by atoms with Crippen molar-refractivity contribution in [3.05, 3.63) is 22.7 Å². The molecule has 2 atom stereocenters. The third-order valence-electron chi connectivity index (χ3n) is 2.83. The predicted molar refractivity (Wildman–Crippen MR) is 88.5 cm³/mol. The number of rotatable bonds is 5. The first-order valence-electron chi connectivity index (χ1n) is 7.02. The quantitative estimate of drug-likeness (QED) is 0.819. The van der Waals surface area contributed by atoms with Crippen molar-refractivity contribution in [3.63, 3.8) is 0 Å². The highest BCUT2D eigenvalue weighted by Gasteiger charge is 2.29. The smallest absolute Gasteiger partial charge is 0.351 e. The van der Waals surface area contributed by atoms with Gasteiger partial charge in [-0.05, 0) is 25.7 Å². The van der Waals surface area contributed by atoms with Crippen LogP contribution in [-0.4, -0.2) is 41.6 Å². The summed E-state index contributed by atoms with van der Waals surface area (Å²) in [6, 6.07) is 1.59. The molecule has 1 N–H and O–H groups in total. The van der Waals surface area contributed by atoms with Crippen LogP contribution in [0.1, 0.15) is 13.2 Å². The number of ether oxygens (including phenoxy) is 1. The largest absolute Gasteiger partial charge is 0.414 e. The molecule has 1 saturated heterocycles. The number of thioether (sulfide) groups is 1. The van der Waals surface area contributed by atoms with Gasteiger partial charge in [-0.3, -0.25) is 9.36 Å². The number of nitrogens with zero attached hydrogens (tertiary/aromatic N) is 2. The van der Waals surface area contributed by atoms with Gasteiger partial charge in [0.15, 0.2) is 8.32 Å². The number of carbonyl (C=O) groups is 1. The number of hydrogen-bond donors (Lipinski definition) is 1. The minimum atomic E-state index is -1.57. The number of amides is 1. The van der Waals surface area contributed by atoms with Crippen LogP contribution in [0.2, 0.25) is 19.6 Å². The lowest BCUT2D eigenvalue weighted by molar-refractivity contribution is -0.114. The maximum Gasteiger partial charge on any atom is 0.351 e. The van der Waals surface area contributed by atoms with Crippen LogP contribution in [0.4, 0.5) is 5.82 Å². The van der Waals surface area contributed by atoms with Gasteiger partial charge in [0.05, 0.1) is 6.61 Å². The number of nitrogens with one attached hydrogen (secondary N) is 1. The van der Waals surface area contributed by atoms with Gasteiger partial charge in [-0.25, -0.2) is 4.79 Å². The summed E-state index contributed by atoms with van der Waals surface area (Å²) in [7, 11) is -1.57. The van der Waals surface area contributed by atoms with Crippen molar-refractivity contribution in [1.82, 2.24) is 9.55 Å². The van der Waals surface area contributed by atoms with E-state index in [2.05, 4.69) is 29.9 Å². The molecule has 122 valence electrons. The zero-order chi connectivity index (χ0) is 16.3. The molecule has 0 aliphatic carbocycles. The van der Waals surface area contributed by atoms with E-state index >= 15 is 0 Å². The molecule has 9 heteroatoms. The second-order valence-electron chi connectivity index (χ2n) is 5.96. The fourth-order valence-corrected chi connectivity index (χ4v) is 3.64. The van der Waals surface area contributed by atoms with Crippen molar-refractivity contribution in [1.29, 1.82) is 0 Å². The first-order chi connectivity index (χ1) is 10.2. The highest BCUT2D eigenvalue weighted by atomic mass is 32.2. The van der Waals surface area contributed by atoms with Gasteiger partial charge in [-0.15, -0.1) is 11.8 Å². The zero-order valence-electron chi connectivity index (χ0n) is 13.2. The van der Waals surface area contributed by atoms with E-state index in [4.69, 9.17) is 9.16 Å². The van der Waals surface area contributed by atoms with Gasteiger partial charge >= 0.3 is 5.69 Å². The fourth-order valence-electron chi connectivity index (χ4n) is 1.88. The van der Waals surface area contributed by atoms with Crippen molar-refractivity contribution >= 4 is 31.8 Å². The van der Waals surface area contributed by atoms with Crippen LogP contribution in [-0.2, 0) is 14.0 Å². The molecule has 0 radical (unpaired) electrons. The summed E-state index contributed by atoms with van der Waals surface area (Å²) < 4.78 is 13.1. The third-order valence-corrected chi connectivity index (χ3v) is 4.96. The summed E-state index contributed by atoms with van der Waals surface area (Å²) in [5.74, 6) is 0.653. The fraction of sp³-hybridized carbons (Fsp3) is 0.615. The van der Waals surface area contributed by atoms with Crippen LogP contribution >= 0.6 is 11.8 Å². The van der Waals surface area contributed by atoms with E-state index in [1.807, 2.05) is 0 Å². The molecule has 7 nitrogen and oxygen atoms in total. The van der Waals surface area contributed by atoms with Crippen LogP contribution < -0.4 is 11.0 Å². The van der Waals surface area contributed by atoms with E-state index in [1.54, 1.807) is 24.0 Å². The maximum atomic E-state index is 12.0. The summed E-state index contributed by atoms with van der Waals surface area (Å²) in [6.45, 7) is 8.27. The Bertz CT molecular complexity index is 602. The Kier molecular flexibility index (Phi) is 5.43. The average Bonchev–Trinajstić information content (AvgIpc) is 2.83. The van der Waals surface area contributed by atoms with Crippen molar-refractivity contribution in [2.45, 2.75) is 38.2 Å². The van der Waals surface area contributed by atoms with Gasteiger partial charge in [0.2, 0.25) is 5.91 Å². The first kappa shape index (κ1) is 17.2. The molecule has 0 saturated carbocycles. The van der Waals surface area contributed by atoms with Crippen LogP contribution in [0.5, 0.6) is 0 Å². The zero-order valence-corrected chi connectivity index (χ0v) is 15.0. The van der Waals surface area contributed by atoms with Crippen molar-refractivity contribution < 1.29 is 14.0 Å². The predicted octanol–water partition coefficient (Wildman–Crippen LogP) is 1.64. The second kappa shape index (κ2) is 6.94. The Balaban J connectivity index is 1.98. The second-order valence-corrected chi connectivity index (χ2v) is 11.7.